The Kier molecular flexibility index (Phi) is 8.56. The van der Waals surface area contributed by atoms with Gasteiger partial charge >= 0.3 is 0 Å². The van der Waals surface area contributed by atoms with E-state index < -0.39 is 21.8 Å². The summed E-state index contributed by atoms with van der Waals surface area (Å²) < 4.78 is 41.2. The van der Waals surface area contributed by atoms with Gasteiger partial charge in [0.2, 0.25) is 0 Å². The first-order chi connectivity index (χ1) is 20.5. The molecule has 3 aromatic carbocycles. The number of oxazole rings is 1. The normalized spacial score (nSPS) is 11.4. The third-order valence-corrected chi connectivity index (χ3v) is 8.80. The third kappa shape index (κ3) is 6.58. The van der Waals surface area contributed by atoms with Crippen molar-refractivity contribution >= 4 is 50.0 Å². The van der Waals surface area contributed by atoms with E-state index in [0.29, 0.717) is 41.8 Å². The summed E-state index contributed by atoms with van der Waals surface area (Å²) in [5, 5.41) is 4.14. The number of aryl methyl sites for hydroxylation is 4. The second-order valence-electron chi connectivity index (χ2n) is 9.98. The first-order valence-corrected chi connectivity index (χ1v) is 15.3. The quantitative estimate of drug-likeness (QED) is 0.182. The molecule has 5 aromatic rings. The monoisotopic (exact) mass is 620 g/mol. The second-order valence-corrected chi connectivity index (χ2v) is 12.0. The van der Waals surface area contributed by atoms with Gasteiger partial charge in [-0.2, -0.15) is 0 Å². The molecule has 0 aliphatic carbocycles. The number of carbonyl (C=O) groups is 2. The number of para-hydroxylation sites is 1. The predicted octanol–water partition coefficient (Wildman–Crippen LogP) is 6.05. The fourth-order valence-corrected chi connectivity index (χ4v) is 5.78. The van der Waals surface area contributed by atoms with Gasteiger partial charge in [-0.3, -0.25) is 9.59 Å². The number of nitrogens with one attached hydrogen (secondary N) is 2. The molecular weight excluding hydrogens is 592 g/mol. The molecule has 0 bridgehead atoms. The number of halogens is 1. The number of sulfonamides is 1. The van der Waals surface area contributed by atoms with Gasteiger partial charge in [0.1, 0.15) is 17.2 Å². The summed E-state index contributed by atoms with van der Waals surface area (Å²) in [6.45, 7) is 6.24. The summed E-state index contributed by atoms with van der Waals surface area (Å²) >= 11 is 6.25. The van der Waals surface area contributed by atoms with Crippen molar-refractivity contribution in [1.29, 1.82) is 0 Å². The zero-order valence-electron chi connectivity index (χ0n) is 23.7. The smallest absolute Gasteiger partial charge is 0.281 e. The van der Waals surface area contributed by atoms with Crippen LogP contribution < -0.4 is 14.8 Å². The number of amides is 2. The van der Waals surface area contributed by atoms with Crippen molar-refractivity contribution in [3.8, 4) is 5.75 Å². The highest BCUT2D eigenvalue weighted by Crippen LogP contribution is 2.26. The maximum absolute atomic E-state index is 13.3. The number of hydrogen-bond acceptors (Lipinski definition) is 7. The third-order valence-electron chi connectivity index (χ3n) is 6.86. The first kappa shape index (κ1) is 29.9. The summed E-state index contributed by atoms with van der Waals surface area (Å²) in [6, 6.07) is 18.3. The van der Waals surface area contributed by atoms with Crippen LogP contribution in [0.2, 0.25) is 5.02 Å². The van der Waals surface area contributed by atoms with E-state index in [9.17, 15) is 18.0 Å². The standard InChI is InChI=1S/C31H29ClN4O6S/c1-19-15-24(16-20(2)28(19)32)41-14-6-13-36-26-8-5-4-7-22(26)17-27(36)30(37)35-43(39,40)25-11-9-23(10-12-25)34-31(38)29-21(3)42-18-33-29/h4-5,7-12,15-18H,6,13-14H2,1-3H3,(H,34,38)(H,35,37). The fraction of sp³-hybridized carbons (Fsp3) is 0.194. The number of fused-ring (bicyclic) bond motifs is 1. The molecule has 5 rings (SSSR count). The van der Waals surface area contributed by atoms with E-state index in [0.717, 1.165) is 22.0 Å². The Bertz CT molecular complexity index is 1910. The summed E-state index contributed by atoms with van der Waals surface area (Å²) in [7, 11) is -4.22. The van der Waals surface area contributed by atoms with Crippen LogP contribution in [0, 0.1) is 20.8 Å². The van der Waals surface area contributed by atoms with E-state index in [2.05, 4.69) is 15.0 Å². The van der Waals surface area contributed by atoms with Crippen molar-refractivity contribution in [2.45, 2.75) is 38.6 Å². The molecule has 0 aliphatic heterocycles. The maximum atomic E-state index is 13.3. The highest BCUT2D eigenvalue weighted by molar-refractivity contribution is 7.90. The van der Waals surface area contributed by atoms with Crippen LogP contribution in [-0.2, 0) is 16.6 Å². The topological polar surface area (TPSA) is 133 Å². The van der Waals surface area contributed by atoms with Crippen molar-refractivity contribution in [3.05, 3.63) is 106 Å². The first-order valence-electron chi connectivity index (χ1n) is 13.4. The molecule has 43 heavy (non-hydrogen) atoms. The van der Waals surface area contributed by atoms with Crippen molar-refractivity contribution in [2.24, 2.45) is 0 Å². The van der Waals surface area contributed by atoms with Crippen LogP contribution in [-0.4, -0.2) is 36.4 Å². The molecule has 2 aromatic heterocycles. The molecular formula is C31H29ClN4O6S. The maximum Gasteiger partial charge on any atom is 0.281 e. The molecule has 12 heteroatoms. The van der Waals surface area contributed by atoms with E-state index in [-0.39, 0.29) is 16.3 Å². The van der Waals surface area contributed by atoms with Gasteiger partial charge in [0, 0.05) is 28.2 Å². The lowest BCUT2D eigenvalue weighted by Crippen LogP contribution is -2.32. The summed E-state index contributed by atoms with van der Waals surface area (Å²) in [5.41, 5.74) is 3.33. The average molecular weight is 621 g/mol. The zero-order chi connectivity index (χ0) is 30.7. The van der Waals surface area contributed by atoms with Crippen LogP contribution in [0.25, 0.3) is 10.9 Å². The summed E-state index contributed by atoms with van der Waals surface area (Å²) in [5.74, 6) is -0.192. The van der Waals surface area contributed by atoms with Gasteiger partial charge in [-0.1, -0.05) is 29.8 Å². The SMILES string of the molecule is Cc1cc(OCCCn2c(C(=O)NS(=O)(=O)c3ccc(NC(=O)c4ncoc4C)cc3)cc3ccccc32)cc(C)c1Cl. The minimum atomic E-state index is -4.22. The number of nitrogens with zero attached hydrogens (tertiary/aromatic N) is 2. The predicted molar refractivity (Wildman–Crippen MR) is 163 cm³/mol. The lowest BCUT2D eigenvalue weighted by Gasteiger charge is -2.13. The molecule has 0 saturated carbocycles. The Hall–Kier alpha value is -4.61. The number of benzene rings is 3. The van der Waals surface area contributed by atoms with Gasteiger partial charge in [0.15, 0.2) is 12.1 Å². The van der Waals surface area contributed by atoms with E-state index in [4.69, 9.17) is 20.8 Å². The number of carbonyl (C=O) groups excluding carboxylic acids is 2. The number of hydrogen-bond donors (Lipinski definition) is 2. The van der Waals surface area contributed by atoms with Crippen molar-refractivity contribution in [2.75, 3.05) is 11.9 Å². The van der Waals surface area contributed by atoms with E-state index in [1.165, 1.54) is 30.7 Å². The van der Waals surface area contributed by atoms with Crippen molar-refractivity contribution in [1.82, 2.24) is 14.3 Å². The molecule has 0 fully saturated rings. The van der Waals surface area contributed by atoms with E-state index in [1.54, 1.807) is 17.6 Å². The summed E-state index contributed by atoms with van der Waals surface area (Å²) in [6.07, 6.45) is 1.73. The van der Waals surface area contributed by atoms with Crippen LogP contribution in [0.3, 0.4) is 0 Å². The molecule has 0 aliphatic rings. The Balaban J connectivity index is 1.28. The van der Waals surface area contributed by atoms with Gasteiger partial charge in [0.25, 0.3) is 21.8 Å². The van der Waals surface area contributed by atoms with Gasteiger partial charge in [0.05, 0.1) is 11.5 Å². The Morgan fingerprint density at radius 3 is 2.35 bits per heavy atom. The average Bonchev–Trinajstić information content (AvgIpc) is 3.57. The molecule has 0 unspecified atom stereocenters. The van der Waals surface area contributed by atoms with Gasteiger partial charge in [-0.25, -0.2) is 18.1 Å². The van der Waals surface area contributed by atoms with Gasteiger partial charge < -0.3 is 19.0 Å². The molecule has 2 N–H and O–H groups in total. The van der Waals surface area contributed by atoms with Gasteiger partial charge in [-0.05, 0) is 86.8 Å². The lowest BCUT2D eigenvalue weighted by molar-refractivity contribution is 0.0970. The highest BCUT2D eigenvalue weighted by Gasteiger charge is 2.23. The molecule has 222 valence electrons. The van der Waals surface area contributed by atoms with Crippen LogP contribution in [0.4, 0.5) is 5.69 Å². The highest BCUT2D eigenvalue weighted by atomic mass is 35.5. The molecule has 0 radical (unpaired) electrons. The van der Waals surface area contributed by atoms with E-state index >= 15 is 0 Å². The number of ether oxygens (including phenoxy) is 1. The van der Waals surface area contributed by atoms with Crippen LogP contribution >= 0.6 is 11.6 Å². The van der Waals surface area contributed by atoms with Gasteiger partial charge in [-0.15, -0.1) is 0 Å². The van der Waals surface area contributed by atoms with Crippen molar-refractivity contribution in [3.63, 3.8) is 0 Å². The van der Waals surface area contributed by atoms with Crippen LogP contribution in [0.15, 0.2) is 82.4 Å². The molecule has 2 heterocycles. The molecule has 0 saturated heterocycles. The largest absolute Gasteiger partial charge is 0.494 e. The number of anilines is 1. The van der Waals surface area contributed by atoms with E-state index in [1.807, 2.05) is 50.2 Å². The van der Waals surface area contributed by atoms with Crippen molar-refractivity contribution < 1.29 is 27.2 Å². The minimum absolute atomic E-state index is 0.126. The summed E-state index contributed by atoms with van der Waals surface area (Å²) in [4.78, 5) is 29.4. The zero-order valence-corrected chi connectivity index (χ0v) is 25.3. The van der Waals surface area contributed by atoms with Crippen LogP contribution in [0.5, 0.6) is 5.75 Å². The Morgan fingerprint density at radius 1 is 0.977 bits per heavy atom. The lowest BCUT2D eigenvalue weighted by atomic mass is 10.1. The molecule has 0 spiro atoms. The molecule has 10 nitrogen and oxygen atoms in total. The molecule has 2 amide bonds. The molecule has 0 atom stereocenters. The number of aromatic nitrogens is 2. The second kappa shape index (κ2) is 12.3. The Morgan fingerprint density at radius 2 is 1.67 bits per heavy atom. The number of rotatable bonds is 10. The fourth-order valence-electron chi connectivity index (χ4n) is 4.71. The van der Waals surface area contributed by atoms with Crippen LogP contribution in [0.1, 0.15) is 44.3 Å². The Labute approximate surface area is 253 Å². The minimum Gasteiger partial charge on any atom is -0.494 e.